The average Bonchev–Trinajstić information content (AvgIpc) is 2.79. The quantitative estimate of drug-likeness (QED) is 0.719. The monoisotopic (exact) mass is 282 g/mol. The van der Waals surface area contributed by atoms with Crippen molar-refractivity contribution in [1.29, 1.82) is 0 Å². The molecule has 5 nitrogen and oxygen atoms in total. The number of fused-ring (bicyclic) bond motifs is 1. The van der Waals surface area contributed by atoms with E-state index in [9.17, 15) is 5.11 Å². The van der Waals surface area contributed by atoms with E-state index in [4.69, 9.17) is 10.8 Å². The van der Waals surface area contributed by atoms with E-state index in [1.807, 2.05) is 10.7 Å². The van der Waals surface area contributed by atoms with Crippen LogP contribution < -0.4 is 5.73 Å². The number of nitrogens with zero attached hydrogens (tertiary/aromatic N) is 3. The van der Waals surface area contributed by atoms with Gasteiger partial charge in [0.25, 0.3) is 0 Å². The number of phenols is 1. The summed E-state index contributed by atoms with van der Waals surface area (Å²) in [6.45, 7) is 6.20. The van der Waals surface area contributed by atoms with Crippen molar-refractivity contribution >= 4 is 16.7 Å². The Bertz CT molecular complexity index is 815. The summed E-state index contributed by atoms with van der Waals surface area (Å²) in [5.41, 5.74) is 8.86. The standard InChI is InChI=1S/C16H18N4O/c1-16(2,3)20-15-13(12(17)7-8-18-15)14(19-20)10-5-4-6-11(21)9-10/h4-9,21H,1-3H3,(H2,17,18). The van der Waals surface area contributed by atoms with Crippen LogP contribution in [-0.4, -0.2) is 19.9 Å². The normalized spacial score (nSPS) is 12.0. The number of aromatic hydroxyl groups is 1. The van der Waals surface area contributed by atoms with Crippen LogP contribution in [0.5, 0.6) is 5.75 Å². The first-order valence-electron chi connectivity index (χ1n) is 6.81. The molecule has 1 aromatic carbocycles. The van der Waals surface area contributed by atoms with Crippen LogP contribution in [0.3, 0.4) is 0 Å². The number of hydrogen-bond donors (Lipinski definition) is 2. The van der Waals surface area contributed by atoms with Crippen molar-refractivity contribution in [3.63, 3.8) is 0 Å². The maximum absolute atomic E-state index is 9.70. The zero-order chi connectivity index (χ0) is 15.2. The van der Waals surface area contributed by atoms with E-state index in [1.165, 1.54) is 0 Å². The van der Waals surface area contributed by atoms with E-state index in [1.54, 1.807) is 30.5 Å². The summed E-state index contributed by atoms with van der Waals surface area (Å²) in [6, 6.07) is 8.78. The lowest BCUT2D eigenvalue weighted by molar-refractivity contribution is 0.367. The second kappa shape index (κ2) is 4.48. The van der Waals surface area contributed by atoms with Gasteiger partial charge in [0.15, 0.2) is 5.65 Å². The molecule has 0 radical (unpaired) electrons. The fourth-order valence-electron chi connectivity index (χ4n) is 2.39. The van der Waals surface area contributed by atoms with Crippen molar-refractivity contribution in [3.8, 4) is 17.0 Å². The predicted octanol–water partition coefficient (Wildman–Crippen LogP) is 3.14. The van der Waals surface area contributed by atoms with E-state index < -0.39 is 0 Å². The van der Waals surface area contributed by atoms with Crippen LogP contribution in [0.25, 0.3) is 22.3 Å². The van der Waals surface area contributed by atoms with Gasteiger partial charge in [-0.05, 0) is 39.0 Å². The van der Waals surface area contributed by atoms with Crippen molar-refractivity contribution in [1.82, 2.24) is 14.8 Å². The lowest BCUT2D eigenvalue weighted by atomic mass is 10.1. The Kier molecular flexibility index (Phi) is 2.86. The molecule has 2 aromatic heterocycles. The summed E-state index contributed by atoms with van der Waals surface area (Å²) in [6.07, 6.45) is 1.69. The Morgan fingerprint density at radius 3 is 2.62 bits per heavy atom. The number of nitrogen functional groups attached to an aromatic ring is 1. The summed E-state index contributed by atoms with van der Waals surface area (Å²) in [4.78, 5) is 4.44. The Balaban J connectivity index is 2.38. The third-order valence-corrected chi connectivity index (χ3v) is 3.36. The molecule has 0 aliphatic carbocycles. The molecule has 3 rings (SSSR count). The molecule has 0 amide bonds. The van der Waals surface area contributed by atoms with Crippen LogP contribution in [0.4, 0.5) is 5.69 Å². The fraction of sp³-hybridized carbons (Fsp3) is 0.250. The molecule has 0 aliphatic rings. The molecule has 21 heavy (non-hydrogen) atoms. The molecule has 0 saturated heterocycles. The maximum atomic E-state index is 9.70. The SMILES string of the molecule is CC(C)(C)n1nc(-c2cccc(O)c2)c2c(N)ccnc21. The molecule has 2 heterocycles. The van der Waals surface area contributed by atoms with Gasteiger partial charge in [-0.15, -0.1) is 0 Å². The molecule has 0 spiro atoms. The van der Waals surface area contributed by atoms with Crippen LogP contribution in [0.1, 0.15) is 20.8 Å². The number of pyridine rings is 1. The molecule has 0 unspecified atom stereocenters. The first-order chi connectivity index (χ1) is 9.88. The highest BCUT2D eigenvalue weighted by Crippen LogP contribution is 2.34. The number of benzene rings is 1. The molecule has 0 bridgehead atoms. The first kappa shape index (κ1) is 13.4. The molecule has 5 heteroatoms. The Morgan fingerprint density at radius 2 is 1.95 bits per heavy atom. The smallest absolute Gasteiger partial charge is 0.160 e. The van der Waals surface area contributed by atoms with E-state index in [2.05, 4.69) is 25.8 Å². The van der Waals surface area contributed by atoms with E-state index in [0.717, 1.165) is 22.3 Å². The zero-order valence-electron chi connectivity index (χ0n) is 12.3. The molecule has 3 N–H and O–H groups in total. The molecule has 0 aliphatic heterocycles. The second-order valence-corrected chi connectivity index (χ2v) is 6.08. The summed E-state index contributed by atoms with van der Waals surface area (Å²) >= 11 is 0. The van der Waals surface area contributed by atoms with Crippen LogP contribution in [0.15, 0.2) is 36.5 Å². The largest absolute Gasteiger partial charge is 0.508 e. The Hall–Kier alpha value is -2.56. The minimum absolute atomic E-state index is 0.202. The highest BCUT2D eigenvalue weighted by Gasteiger charge is 2.23. The van der Waals surface area contributed by atoms with E-state index >= 15 is 0 Å². The number of phenolic OH excluding ortho intramolecular Hbond substituents is 1. The Labute approximate surface area is 123 Å². The number of aromatic nitrogens is 3. The number of anilines is 1. The minimum atomic E-state index is -0.214. The van der Waals surface area contributed by atoms with Crippen molar-refractivity contribution < 1.29 is 5.11 Å². The lowest BCUT2D eigenvalue weighted by Crippen LogP contribution is -2.23. The highest BCUT2D eigenvalue weighted by molar-refractivity contribution is 5.99. The molecule has 108 valence electrons. The van der Waals surface area contributed by atoms with Gasteiger partial charge in [0.2, 0.25) is 0 Å². The molecule has 3 aromatic rings. The van der Waals surface area contributed by atoms with Gasteiger partial charge in [0.05, 0.1) is 10.9 Å². The number of rotatable bonds is 1. The van der Waals surface area contributed by atoms with Gasteiger partial charge in [-0.25, -0.2) is 9.67 Å². The number of nitrogens with two attached hydrogens (primary N) is 1. The third kappa shape index (κ3) is 2.20. The second-order valence-electron chi connectivity index (χ2n) is 6.08. The Morgan fingerprint density at radius 1 is 1.19 bits per heavy atom. The summed E-state index contributed by atoms with van der Waals surface area (Å²) < 4.78 is 1.87. The first-order valence-corrected chi connectivity index (χ1v) is 6.81. The minimum Gasteiger partial charge on any atom is -0.508 e. The van der Waals surface area contributed by atoms with Crippen LogP contribution in [-0.2, 0) is 5.54 Å². The van der Waals surface area contributed by atoms with Gasteiger partial charge in [-0.2, -0.15) is 5.10 Å². The molecular formula is C16H18N4O. The van der Waals surface area contributed by atoms with Gasteiger partial charge in [-0.1, -0.05) is 12.1 Å². The van der Waals surface area contributed by atoms with Crippen LogP contribution >= 0.6 is 0 Å². The fourth-order valence-corrected chi connectivity index (χ4v) is 2.39. The van der Waals surface area contributed by atoms with E-state index in [-0.39, 0.29) is 11.3 Å². The average molecular weight is 282 g/mol. The highest BCUT2D eigenvalue weighted by atomic mass is 16.3. The van der Waals surface area contributed by atoms with Crippen LogP contribution in [0.2, 0.25) is 0 Å². The van der Waals surface area contributed by atoms with Gasteiger partial charge in [0.1, 0.15) is 11.4 Å². The summed E-state index contributed by atoms with van der Waals surface area (Å²) in [5.74, 6) is 0.202. The van der Waals surface area contributed by atoms with Crippen molar-refractivity contribution in [2.75, 3.05) is 5.73 Å². The van der Waals surface area contributed by atoms with Gasteiger partial charge in [0, 0.05) is 17.4 Å². The summed E-state index contributed by atoms with van der Waals surface area (Å²) in [5, 5.41) is 15.2. The molecule has 0 fully saturated rings. The molecule has 0 atom stereocenters. The molecule has 0 saturated carbocycles. The summed E-state index contributed by atoms with van der Waals surface area (Å²) in [7, 11) is 0. The molecular weight excluding hydrogens is 264 g/mol. The zero-order valence-corrected chi connectivity index (χ0v) is 12.3. The maximum Gasteiger partial charge on any atom is 0.160 e. The predicted molar refractivity (Wildman–Crippen MR) is 84.0 cm³/mol. The van der Waals surface area contributed by atoms with Gasteiger partial charge >= 0.3 is 0 Å². The van der Waals surface area contributed by atoms with Crippen molar-refractivity contribution in [2.45, 2.75) is 26.3 Å². The van der Waals surface area contributed by atoms with Crippen LogP contribution in [0, 0.1) is 0 Å². The van der Waals surface area contributed by atoms with Gasteiger partial charge < -0.3 is 10.8 Å². The topological polar surface area (TPSA) is 77.0 Å². The van der Waals surface area contributed by atoms with E-state index in [0.29, 0.717) is 5.69 Å². The lowest BCUT2D eigenvalue weighted by Gasteiger charge is -2.19. The van der Waals surface area contributed by atoms with Crippen molar-refractivity contribution in [2.24, 2.45) is 0 Å². The van der Waals surface area contributed by atoms with Gasteiger partial charge in [-0.3, -0.25) is 0 Å². The number of hydrogen-bond acceptors (Lipinski definition) is 4. The van der Waals surface area contributed by atoms with Crippen molar-refractivity contribution in [3.05, 3.63) is 36.5 Å². The third-order valence-electron chi connectivity index (χ3n) is 3.36.